The van der Waals surface area contributed by atoms with Crippen molar-refractivity contribution in [3.8, 4) is 17.1 Å². The number of carbonyl (C=O) groups is 1. The summed E-state index contributed by atoms with van der Waals surface area (Å²) in [5.74, 6) is 1.04. The monoisotopic (exact) mass is 437 g/mol. The fraction of sp³-hybridized carbons (Fsp3) is 0.458. The second-order valence-electron chi connectivity index (χ2n) is 8.50. The second-order valence-corrected chi connectivity index (χ2v) is 8.50. The molecule has 0 radical (unpaired) electrons. The molecule has 3 heterocycles. The third-order valence-corrected chi connectivity index (χ3v) is 5.80. The SMILES string of the molecule is CO[C@@H](CCC(=O)Nc1ccc2[nH]nc(-c3ccc(OC(C)C)nc3)c2c1)C1CCNC1. The third kappa shape index (κ3) is 5.26. The zero-order valence-electron chi connectivity index (χ0n) is 18.9. The van der Waals surface area contributed by atoms with Gasteiger partial charge in [-0.05, 0) is 63.4 Å². The van der Waals surface area contributed by atoms with Crippen molar-refractivity contribution in [2.75, 3.05) is 25.5 Å². The van der Waals surface area contributed by atoms with Crippen molar-refractivity contribution < 1.29 is 14.3 Å². The molecular formula is C24H31N5O3. The van der Waals surface area contributed by atoms with Gasteiger partial charge in [0.05, 0.1) is 17.7 Å². The molecule has 2 atom stereocenters. The number of carbonyl (C=O) groups excluding carboxylic acids is 1. The van der Waals surface area contributed by atoms with Crippen molar-refractivity contribution in [2.45, 2.75) is 45.3 Å². The molecule has 3 N–H and O–H groups in total. The standard InChI is InChI=1S/C24H31N5O3/c1-15(2)32-23-9-4-17(14-26-23)24-19-12-18(5-6-20(19)28-29-24)27-22(30)8-7-21(31-3)16-10-11-25-13-16/h4-6,9,12,14-16,21,25H,7-8,10-11,13H2,1-3H3,(H,27,30)(H,28,29)/t16?,21-/m0/s1. The number of methoxy groups -OCH3 is 1. The zero-order chi connectivity index (χ0) is 22.5. The van der Waals surface area contributed by atoms with Crippen LogP contribution in [0.3, 0.4) is 0 Å². The number of H-pyrrole nitrogens is 1. The molecule has 0 aliphatic carbocycles. The number of ether oxygens (including phenoxy) is 2. The van der Waals surface area contributed by atoms with Crippen LogP contribution in [0.25, 0.3) is 22.2 Å². The lowest BCUT2D eigenvalue weighted by Gasteiger charge is -2.21. The van der Waals surface area contributed by atoms with Crippen LogP contribution in [0.4, 0.5) is 5.69 Å². The first-order chi connectivity index (χ1) is 15.5. The summed E-state index contributed by atoms with van der Waals surface area (Å²) in [5, 5.41) is 14.8. The van der Waals surface area contributed by atoms with E-state index in [2.05, 4.69) is 25.8 Å². The van der Waals surface area contributed by atoms with Crippen LogP contribution in [0.5, 0.6) is 5.88 Å². The summed E-state index contributed by atoms with van der Waals surface area (Å²) in [6.45, 7) is 5.91. The predicted octanol–water partition coefficient (Wildman–Crippen LogP) is 3.76. The van der Waals surface area contributed by atoms with E-state index in [1.807, 2.05) is 44.2 Å². The Kier molecular flexibility index (Phi) is 7.02. The summed E-state index contributed by atoms with van der Waals surface area (Å²) in [4.78, 5) is 16.9. The Hall–Kier alpha value is -2.97. The predicted molar refractivity (Wildman–Crippen MR) is 125 cm³/mol. The van der Waals surface area contributed by atoms with Gasteiger partial charge in [-0.15, -0.1) is 0 Å². The largest absolute Gasteiger partial charge is 0.475 e. The van der Waals surface area contributed by atoms with Crippen LogP contribution in [-0.4, -0.2) is 53.5 Å². The lowest BCUT2D eigenvalue weighted by molar-refractivity contribution is -0.117. The molecule has 0 bridgehead atoms. The molecular weight excluding hydrogens is 406 g/mol. The molecule has 3 aromatic rings. The van der Waals surface area contributed by atoms with Crippen molar-refractivity contribution in [2.24, 2.45) is 5.92 Å². The molecule has 1 unspecified atom stereocenters. The molecule has 0 spiro atoms. The Bertz CT molecular complexity index is 1040. The Morgan fingerprint density at radius 1 is 1.28 bits per heavy atom. The molecule has 1 aromatic carbocycles. The maximum atomic E-state index is 12.6. The number of aromatic nitrogens is 3. The van der Waals surface area contributed by atoms with E-state index in [1.165, 1.54) is 0 Å². The highest BCUT2D eigenvalue weighted by molar-refractivity contribution is 5.98. The Morgan fingerprint density at radius 2 is 2.16 bits per heavy atom. The molecule has 1 amide bonds. The molecule has 1 fully saturated rings. The lowest BCUT2D eigenvalue weighted by Crippen LogP contribution is -2.26. The summed E-state index contributed by atoms with van der Waals surface area (Å²) in [6, 6.07) is 9.53. The third-order valence-electron chi connectivity index (χ3n) is 5.80. The molecule has 1 aliphatic heterocycles. The van der Waals surface area contributed by atoms with Gasteiger partial charge in [0.2, 0.25) is 11.8 Å². The number of aromatic amines is 1. The first-order valence-corrected chi connectivity index (χ1v) is 11.2. The van der Waals surface area contributed by atoms with E-state index < -0.39 is 0 Å². The second kappa shape index (κ2) is 10.1. The molecule has 1 aliphatic rings. The average Bonchev–Trinajstić information content (AvgIpc) is 3.45. The van der Waals surface area contributed by atoms with Gasteiger partial charge in [-0.2, -0.15) is 5.10 Å². The van der Waals surface area contributed by atoms with Gasteiger partial charge >= 0.3 is 0 Å². The van der Waals surface area contributed by atoms with Gasteiger partial charge in [-0.25, -0.2) is 4.98 Å². The summed E-state index contributed by atoms with van der Waals surface area (Å²) >= 11 is 0. The minimum absolute atomic E-state index is 0.0146. The zero-order valence-corrected chi connectivity index (χ0v) is 18.9. The van der Waals surface area contributed by atoms with Crippen LogP contribution in [-0.2, 0) is 9.53 Å². The van der Waals surface area contributed by atoms with Gasteiger partial charge in [0, 0.05) is 49.0 Å². The molecule has 170 valence electrons. The van der Waals surface area contributed by atoms with Gasteiger partial charge in [0.25, 0.3) is 0 Å². The number of hydrogen-bond donors (Lipinski definition) is 3. The van der Waals surface area contributed by atoms with Crippen molar-refractivity contribution in [1.29, 1.82) is 0 Å². The van der Waals surface area contributed by atoms with Gasteiger partial charge in [0.1, 0.15) is 5.69 Å². The van der Waals surface area contributed by atoms with E-state index >= 15 is 0 Å². The number of fused-ring (bicyclic) bond motifs is 1. The number of rotatable bonds is 9. The number of benzene rings is 1. The van der Waals surface area contributed by atoms with E-state index in [4.69, 9.17) is 9.47 Å². The van der Waals surface area contributed by atoms with E-state index in [9.17, 15) is 4.79 Å². The molecule has 2 aromatic heterocycles. The van der Waals surface area contributed by atoms with Crippen LogP contribution < -0.4 is 15.4 Å². The highest BCUT2D eigenvalue weighted by atomic mass is 16.5. The maximum Gasteiger partial charge on any atom is 0.224 e. The molecule has 8 heteroatoms. The fourth-order valence-corrected chi connectivity index (χ4v) is 4.18. The van der Waals surface area contributed by atoms with Crippen LogP contribution in [0, 0.1) is 5.92 Å². The Morgan fingerprint density at radius 3 is 2.84 bits per heavy atom. The highest BCUT2D eigenvalue weighted by Crippen LogP contribution is 2.29. The number of hydrogen-bond acceptors (Lipinski definition) is 6. The number of nitrogens with one attached hydrogen (secondary N) is 3. The normalized spacial score (nSPS) is 17.1. The van der Waals surface area contributed by atoms with Gasteiger partial charge in [-0.3, -0.25) is 9.89 Å². The lowest BCUT2D eigenvalue weighted by atomic mass is 9.97. The topological polar surface area (TPSA) is 101 Å². The van der Waals surface area contributed by atoms with Crippen LogP contribution in [0.2, 0.25) is 0 Å². The van der Waals surface area contributed by atoms with Crippen molar-refractivity contribution >= 4 is 22.5 Å². The Labute approximate surface area is 188 Å². The minimum atomic E-state index is -0.0146. The smallest absolute Gasteiger partial charge is 0.224 e. The van der Waals surface area contributed by atoms with E-state index in [-0.39, 0.29) is 18.1 Å². The summed E-state index contributed by atoms with van der Waals surface area (Å²) in [7, 11) is 1.73. The average molecular weight is 438 g/mol. The molecule has 32 heavy (non-hydrogen) atoms. The molecule has 0 saturated carbocycles. The molecule has 1 saturated heterocycles. The van der Waals surface area contributed by atoms with Crippen LogP contribution >= 0.6 is 0 Å². The summed E-state index contributed by atoms with van der Waals surface area (Å²) < 4.78 is 11.2. The van der Waals surface area contributed by atoms with Crippen LogP contribution in [0.1, 0.15) is 33.1 Å². The summed E-state index contributed by atoms with van der Waals surface area (Å²) in [6.07, 6.45) is 4.16. The van der Waals surface area contributed by atoms with Crippen molar-refractivity contribution in [3.63, 3.8) is 0 Å². The van der Waals surface area contributed by atoms with E-state index in [0.717, 1.165) is 47.4 Å². The quantitative estimate of drug-likeness (QED) is 0.471. The van der Waals surface area contributed by atoms with Crippen LogP contribution in [0.15, 0.2) is 36.5 Å². The number of nitrogens with zero attached hydrogens (tertiary/aromatic N) is 2. The van der Waals surface area contributed by atoms with Gasteiger partial charge in [-0.1, -0.05) is 0 Å². The van der Waals surface area contributed by atoms with Gasteiger partial charge < -0.3 is 20.1 Å². The number of pyridine rings is 1. The van der Waals surface area contributed by atoms with Crippen molar-refractivity contribution in [1.82, 2.24) is 20.5 Å². The Balaban J connectivity index is 1.43. The molecule has 4 rings (SSSR count). The molecule has 8 nitrogen and oxygen atoms in total. The highest BCUT2D eigenvalue weighted by Gasteiger charge is 2.25. The first-order valence-electron chi connectivity index (χ1n) is 11.2. The summed E-state index contributed by atoms with van der Waals surface area (Å²) in [5.41, 5.74) is 3.31. The fourth-order valence-electron chi connectivity index (χ4n) is 4.18. The minimum Gasteiger partial charge on any atom is -0.475 e. The van der Waals surface area contributed by atoms with Crippen molar-refractivity contribution in [3.05, 3.63) is 36.5 Å². The van der Waals surface area contributed by atoms with E-state index in [0.29, 0.717) is 24.6 Å². The van der Waals surface area contributed by atoms with Gasteiger partial charge in [0.15, 0.2) is 0 Å². The van der Waals surface area contributed by atoms with E-state index in [1.54, 1.807) is 13.3 Å². The maximum absolute atomic E-state index is 12.6. The number of anilines is 1. The number of amides is 1. The first kappa shape index (κ1) is 22.2.